The number of aliphatic hydroxyl groups excluding tert-OH is 2. The van der Waals surface area contributed by atoms with E-state index in [1.807, 2.05) is 0 Å². The lowest BCUT2D eigenvalue weighted by Crippen LogP contribution is -2.65. The zero-order chi connectivity index (χ0) is 30.5. The number of hydrogen-bond acceptors (Lipinski definition) is 11. The van der Waals surface area contributed by atoms with Crippen LogP contribution in [0.5, 0.6) is 5.75 Å². The summed E-state index contributed by atoms with van der Waals surface area (Å²) in [5, 5.41) is 50.9. The minimum atomic E-state index is -2.73. The van der Waals surface area contributed by atoms with Crippen LogP contribution in [0, 0.1) is 11.8 Å². The van der Waals surface area contributed by atoms with Gasteiger partial charge in [0.05, 0.1) is 23.8 Å². The van der Waals surface area contributed by atoms with Gasteiger partial charge < -0.3 is 41.7 Å². The molecule has 2 amide bonds. The van der Waals surface area contributed by atoms with Crippen LogP contribution in [0.15, 0.2) is 35.6 Å². The third kappa shape index (κ3) is 4.55. The number of nitrogens with two attached hydrogens (primary N) is 1. The molecule has 41 heavy (non-hydrogen) atoms. The van der Waals surface area contributed by atoms with E-state index in [9.17, 15) is 39.6 Å². The second-order valence-electron chi connectivity index (χ2n) is 11.0. The zero-order valence-electron chi connectivity index (χ0n) is 23.3. The minimum absolute atomic E-state index is 0.0157. The first-order valence-corrected chi connectivity index (χ1v) is 13.0. The molecule has 0 saturated heterocycles. The molecule has 3 aliphatic carbocycles. The molecular weight excluding hydrogens is 534 g/mol. The van der Waals surface area contributed by atoms with Gasteiger partial charge in [0.1, 0.15) is 22.8 Å². The van der Waals surface area contributed by atoms with Crippen LogP contribution >= 0.6 is 0 Å². The number of fused-ring (bicyclic) bond motifs is 3. The second kappa shape index (κ2) is 10.7. The van der Waals surface area contributed by atoms with Gasteiger partial charge in [-0.25, -0.2) is 0 Å². The van der Waals surface area contributed by atoms with Gasteiger partial charge >= 0.3 is 0 Å². The van der Waals surface area contributed by atoms with Crippen LogP contribution in [0.1, 0.15) is 17.5 Å². The number of nitrogens with one attached hydrogen (secondary N) is 2. The largest absolute Gasteiger partial charge is 0.508 e. The summed E-state index contributed by atoms with van der Waals surface area (Å²) in [6, 6.07) is 0.390. The van der Waals surface area contributed by atoms with Gasteiger partial charge in [0, 0.05) is 37.8 Å². The third-order valence-corrected chi connectivity index (χ3v) is 8.03. The SMILES string of the molecule is C=CCNCC(=O)Nc1cc(N(C)C)c2c(c1O)C(O)=C1C(=O)[C@]3(O)C(O)=C(C(N)=O)C(=O)[C@@H](N(C)C)C3CC1C2. The summed E-state index contributed by atoms with van der Waals surface area (Å²) in [4.78, 5) is 55.0. The number of primary amides is 1. The van der Waals surface area contributed by atoms with Gasteiger partial charge in [0.15, 0.2) is 11.4 Å². The van der Waals surface area contributed by atoms with Crippen molar-refractivity contribution in [2.24, 2.45) is 17.6 Å². The van der Waals surface area contributed by atoms with E-state index in [-0.39, 0.29) is 36.2 Å². The predicted octanol–water partition coefficient (Wildman–Crippen LogP) is -0.256. The maximum atomic E-state index is 14.0. The number of nitrogens with zero attached hydrogens (tertiary/aromatic N) is 2. The molecule has 13 heteroatoms. The second-order valence-corrected chi connectivity index (χ2v) is 11.0. The number of aliphatic hydroxyl groups is 3. The molecule has 0 heterocycles. The smallest absolute Gasteiger partial charge is 0.255 e. The Labute approximate surface area is 236 Å². The molecule has 13 nitrogen and oxygen atoms in total. The Hall–Kier alpha value is -4.20. The van der Waals surface area contributed by atoms with Gasteiger partial charge in [-0.1, -0.05) is 6.08 Å². The number of Topliss-reactive ketones (excluding diaryl/α,β-unsaturated/α-hetero) is 2. The summed E-state index contributed by atoms with van der Waals surface area (Å²) in [5.74, 6) is -7.85. The van der Waals surface area contributed by atoms with E-state index < -0.39 is 69.7 Å². The van der Waals surface area contributed by atoms with Crippen molar-refractivity contribution in [3.05, 3.63) is 46.8 Å². The fraction of sp³-hybridized carbons (Fsp3) is 0.429. The summed E-state index contributed by atoms with van der Waals surface area (Å²) in [6.07, 6.45) is 1.69. The number of benzene rings is 1. The first-order chi connectivity index (χ1) is 19.2. The van der Waals surface area contributed by atoms with E-state index in [1.165, 1.54) is 4.90 Å². The van der Waals surface area contributed by atoms with E-state index in [2.05, 4.69) is 17.2 Å². The number of anilines is 2. The Kier molecular flexibility index (Phi) is 7.74. The average molecular weight is 570 g/mol. The Morgan fingerprint density at radius 1 is 1.20 bits per heavy atom. The monoisotopic (exact) mass is 569 g/mol. The Morgan fingerprint density at radius 3 is 2.41 bits per heavy atom. The maximum absolute atomic E-state index is 14.0. The lowest BCUT2D eigenvalue weighted by molar-refractivity contribution is -0.153. The molecule has 3 aliphatic rings. The van der Waals surface area contributed by atoms with E-state index >= 15 is 0 Å². The Balaban J connectivity index is 1.90. The van der Waals surface area contributed by atoms with Crippen LogP contribution in [0.2, 0.25) is 0 Å². The molecule has 4 rings (SSSR count). The highest BCUT2D eigenvalue weighted by Gasteiger charge is 2.64. The van der Waals surface area contributed by atoms with Crippen LogP contribution in [-0.2, 0) is 25.6 Å². The van der Waals surface area contributed by atoms with Crippen LogP contribution < -0.4 is 21.3 Å². The molecule has 8 N–H and O–H groups in total. The molecule has 0 bridgehead atoms. The molecule has 0 aromatic heterocycles. The number of hydrogen-bond donors (Lipinski definition) is 7. The van der Waals surface area contributed by atoms with Gasteiger partial charge in [-0.3, -0.25) is 24.1 Å². The molecule has 2 unspecified atom stereocenters. The summed E-state index contributed by atoms with van der Waals surface area (Å²) in [7, 11) is 6.55. The lowest BCUT2D eigenvalue weighted by atomic mass is 9.57. The van der Waals surface area contributed by atoms with Crippen molar-refractivity contribution in [3.63, 3.8) is 0 Å². The van der Waals surface area contributed by atoms with E-state index in [0.717, 1.165) is 0 Å². The van der Waals surface area contributed by atoms with Crippen LogP contribution in [0.3, 0.4) is 0 Å². The van der Waals surface area contributed by atoms with Gasteiger partial charge in [-0.15, -0.1) is 6.58 Å². The topological polar surface area (TPSA) is 206 Å². The maximum Gasteiger partial charge on any atom is 0.255 e. The summed E-state index contributed by atoms with van der Waals surface area (Å²) >= 11 is 0. The van der Waals surface area contributed by atoms with Crippen molar-refractivity contribution in [2.45, 2.75) is 24.5 Å². The highest BCUT2D eigenvalue weighted by atomic mass is 16.3. The molecule has 1 aromatic rings. The van der Waals surface area contributed by atoms with E-state index in [4.69, 9.17) is 5.73 Å². The number of phenolic OH excluding ortho intramolecular Hbond substituents is 1. The Bertz CT molecular complexity index is 1430. The minimum Gasteiger partial charge on any atom is -0.508 e. The highest BCUT2D eigenvalue weighted by Crippen LogP contribution is 2.54. The number of carbonyl (C=O) groups excluding carboxylic acids is 4. The summed E-state index contributed by atoms with van der Waals surface area (Å²) in [5.41, 5.74) is 2.39. The molecule has 1 fully saturated rings. The van der Waals surface area contributed by atoms with Crippen molar-refractivity contribution in [1.82, 2.24) is 10.2 Å². The molecule has 220 valence electrons. The van der Waals surface area contributed by atoms with Crippen molar-refractivity contribution < 1.29 is 39.6 Å². The quantitative estimate of drug-likeness (QED) is 0.0940. The number of phenols is 1. The molecule has 0 radical (unpaired) electrons. The van der Waals surface area contributed by atoms with Crippen molar-refractivity contribution in [1.29, 1.82) is 0 Å². The van der Waals surface area contributed by atoms with Crippen molar-refractivity contribution in [2.75, 3.05) is 51.5 Å². The molecule has 0 aliphatic heterocycles. The number of ketones is 2. The first kappa shape index (κ1) is 29.8. The van der Waals surface area contributed by atoms with E-state index in [1.54, 1.807) is 45.2 Å². The molecule has 0 spiro atoms. The summed E-state index contributed by atoms with van der Waals surface area (Å²) in [6.45, 7) is 3.87. The summed E-state index contributed by atoms with van der Waals surface area (Å²) < 4.78 is 0. The Morgan fingerprint density at radius 2 is 1.85 bits per heavy atom. The normalized spacial score (nSPS) is 25.5. The number of aromatic hydroxyl groups is 1. The van der Waals surface area contributed by atoms with Gasteiger partial charge in [0.2, 0.25) is 11.7 Å². The number of carbonyl (C=O) groups is 4. The van der Waals surface area contributed by atoms with Crippen LogP contribution in [-0.4, -0.2) is 102 Å². The fourth-order valence-electron chi connectivity index (χ4n) is 6.27. The predicted molar refractivity (Wildman–Crippen MR) is 150 cm³/mol. The van der Waals surface area contributed by atoms with Crippen LogP contribution in [0.4, 0.5) is 11.4 Å². The third-order valence-electron chi connectivity index (χ3n) is 8.03. The number of rotatable bonds is 8. The number of amides is 2. The first-order valence-electron chi connectivity index (χ1n) is 13.0. The standard InChI is InChI=1S/C28H35N5O8/c1-6-7-30-11-17(34)31-15-10-16(32(2)3)13-8-12-9-14-21(33(4)5)24(37)20(27(29)40)26(39)28(14,41)25(38)18(12)23(36)19(13)22(15)35/h6,10,12,14,21,30,35-36,39,41H,1,7-9,11H2,2-5H3,(H2,29,40)(H,31,34)/t12?,14?,21-,28-/m0/s1. The molecule has 1 saturated carbocycles. The number of likely N-dealkylation sites (N-methyl/N-ethyl adjacent to an activating group) is 1. The molecular formula is C28H35N5O8. The van der Waals surface area contributed by atoms with Crippen molar-refractivity contribution >= 4 is 40.5 Å². The van der Waals surface area contributed by atoms with Gasteiger partial charge in [-0.2, -0.15) is 0 Å². The zero-order valence-corrected chi connectivity index (χ0v) is 23.3. The highest BCUT2D eigenvalue weighted by molar-refractivity contribution is 6.24. The fourth-order valence-corrected chi connectivity index (χ4v) is 6.27. The average Bonchev–Trinajstić information content (AvgIpc) is 2.87. The van der Waals surface area contributed by atoms with E-state index in [0.29, 0.717) is 17.8 Å². The van der Waals surface area contributed by atoms with Crippen molar-refractivity contribution in [3.8, 4) is 5.75 Å². The van der Waals surface area contributed by atoms with Gasteiger partial charge in [0.25, 0.3) is 5.91 Å². The van der Waals surface area contributed by atoms with Gasteiger partial charge in [-0.05, 0) is 44.5 Å². The molecule has 4 atom stereocenters. The lowest BCUT2D eigenvalue weighted by Gasteiger charge is -2.50. The van der Waals surface area contributed by atoms with Crippen LogP contribution in [0.25, 0.3) is 5.76 Å². The molecule has 1 aromatic carbocycles.